The lowest BCUT2D eigenvalue weighted by Crippen LogP contribution is -2.42. The van der Waals surface area contributed by atoms with Gasteiger partial charge in [0.15, 0.2) is 5.57 Å². The van der Waals surface area contributed by atoms with Gasteiger partial charge in [-0.2, -0.15) is 0 Å². The zero-order valence-corrected chi connectivity index (χ0v) is 14.6. The molecule has 0 saturated carbocycles. The van der Waals surface area contributed by atoms with Crippen molar-refractivity contribution >= 4 is 17.6 Å². The second-order valence-corrected chi connectivity index (χ2v) is 6.03. The molecular weight excluding hydrogens is 336 g/mol. The van der Waals surface area contributed by atoms with Gasteiger partial charge in [-0.05, 0) is 18.2 Å². The minimum absolute atomic E-state index is 0.200. The van der Waals surface area contributed by atoms with Gasteiger partial charge < -0.3 is 19.5 Å². The molecule has 0 bridgehead atoms. The smallest absolute Gasteiger partial charge is 0.350 e. The number of rotatable bonds is 4. The third kappa shape index (κ3) is 3.83. The molecule has 26 heavy (non-hydrogen) atoms. The summed E-state index contributed by atoms with van der Waals surface area (Å²) in [5.41, 5.74) is 2.06. The van der Waals surface area contributed by atoms with Gasteiger partial charge in [-0.15, -0.1) is 0 Å². The first-order valence-electron chi connectivity index (χ1n) is 7.93. The normalized spacial score (nSPS) is 15.7. The van der Waals surface area contributed by atoms with Crippen molar-refractivity contribution in [2.45, 2.75) is 19.6 Å². The zero-order valence-electron chi connectivity index (χ0n) is 14.6. The van der Waals surface area contributed by atoms with Gasteiger partial charge in [0.25, 0.3) is 5.79 Å². The highest BCUT2D eigenvalue weighted by Gasteiger charge is 2.38. The lowest BCUT2D eigenvalue weighted by molar-refractivity contribution is -0.222. The molecule has 1 N–H and O–H groups in total. The van der Waals surface area contributed by atoms with E-state index in [0.717, 1.165) is 11.3 Å². The van der Waals surface area contributed by atoms with Crippen LogP contribution in [-0.2, 0) is 19.1 Å². The van der Waals surface area contributed by atoms with Crippen LogP contribution in [0, 0.1) is 0 Å². The fraction of sp³-hybridized carbons (Fsp3) is 0.211. The van der Waals surface area contributed by atoms with E-state index in [4.69, 9.17) is 14.2 Å². The van der Waals surface area contributed by atoms with Crippen LogP contribution in [0.15, 0.2) is 54.2 Å². The molecule has 0 unspecified atom stereocenters. The van der Waals surface area contributed by atoms with E-state index in [9.17, 15) is 9.59 Å². The largest absolute Gasteiger partial charge is 0.481 e. The first-order valence-corrected chi connectivity index (χ1v) is 7.93. The maximum absolute atomic E-state index is 11.9. The quantitative estimate of drug-likeness (QED) is 0.513. The number of methoxy groups -OCH3 is 1. The Hall–Kier alpha value is -3.35. The average Bonchev–Trinajstić information content (AvgIpc) is 2.60. The Morgan fingerprint density at radius 2 is 1.77 bits per heavy atom. The number of carbonyl (C=O) groups is 2. The summed E-state index contributed by atoms with van der Waals surface area (Å²) in [5.74, 6) is -2.21. The Kier molecular flexibility index (Phi) is 4.62. The summed E-state index contributed by atoms with van der Waals surface area (Å²) in [6.45, 7) is 3.00. The molecule has 0 spiro atoms. The molecule has 7 heteroatoms. The molecule has 2 aromatic rings. The highest BCUT2D eigenvalue weighted by atomic mass is 16.7. The van der Waals surface area contributed by atoms with Gasteiger partial charge in [0, 0.05) is 37.4 Å². The molecule has 3 rings (SSSR count). The van der Waals surface area contributed by atoms with Crippen LogP contribution in [0.5, 0.6) is 5.88 Å². The van der Waals surface area contributed by atoms with E-state index < -0.39 is 17.7 Å². The molecule has 0 aliphatic carbocycles. The second kappa shape index (κ2) is 6.87. The van der Waals surface area contributed by atoms with Crippen LogP contribution >= 0.6 is 0 Å². The lowest BCUT2D eigenvalue weighted by Gasteiger charge is -2.29. The monoisotopic (exact) mass is 354 g/mol. The number of ether oxygens (including phenoxy) is 3. The molecule has 0 atom stereocenters. The van der Waals surface area contributed by atoms with Gasteiger partial charge in [0.1, 0.15) is 0 Å². The third-order valence-corrected chi connectivity index (χ3v) is 3.59. The summed E-state index contributed by atoms with van der Waals surface area (Å²) < 4.78 is 15.2. The number of cyclic esters (lactones) is 2. The summed E-state index contributed by atoms with van der Waals surface area (Å²) in [5, 5.41) is 2.92. The molecule has 0 radical (unpaired) electrons. The van der Waals surface area contributed by atoms with Crippen molar-refractivity contribution in [1.29, 1.82) is 0 Å². The van der Waals surface area contributed by atoms with Crippen LogP contribution in [0.3, 0.4) is 0 Å². The molecule has 7 nitrogen and oxygen atoms in total. The van der Waals surface area contributed by atoms with Gasteiger partial charge >= 0.3 is 11.9 Å². The summed E-state index contributed by atoms with van der Waals surface area (Å²) in [6, 6.07) is 12.8. The predicted octanol–water partition coefficient (Wildman–Crippen LogP) is 2.89. The van der Waals surface area contributed by atoms with Gasteiger partial charge in [0.2, 0.25) is 5.88 Å². The van der Waals surface area contributed by atoms with E-state index in [-0.39, 0.29) is 5.57 Å². The van der Waals surface area contributed by atoms with E-state index >= 15 is 0 Å². The molecule has 1 aliphatic rings. The van der Waals surface area contributed by atoms with Crippen LogP contribution in [0.1, 0.15) is 13.8 Å². The minimum atomic E-state index is -1.26. The van der Waals surface area contributed by atoms with Gasteiger partial charge in [-0.3, -0.25) is 0 Å². The lowest BCUT2D eigenvalue weighted by atomic mass is 10.1. The Labute approximate surface area is 150 Å². The molecular formula is C19H18N2O5. The van der Waals surface area contributed by atoms with Crippen molar-refractivity contribution in [2.75, 3.05) is 12.4 Å². The average molecular weight is 354 g/mol. The van der Waals surface area contributed by atoms with Crippen molar-refractivity contribution in [1.82, 2.24) is 4.98 Å². The predicted molar refractivity (Wildman–Crippen MR) is 94.2 cm³/mol. The highest BCUT2D eigenvalue weighted by Crippen LogP contribution is 2.25. The molecule has 1 aromatic heterocycles. The maximum Gasteiger partial charge on any atom is 0.350 e. The van der Waals surface area contributed by atoms with E-state index in [2.05, 4.69) is 10.3 Å². The Balaban J connectivity index is 1.81. The number of aromatic nitrogens is 1. The zero-order chi connectivity index (χ0) is 18.7. The van der Waals surface area contributed by atoms with Crippen molar-refractivity contribution in [3.8, 4) is 17.1 Å². The van der Waals surface area contributed by atoms with Gasteiger partial charge in [0.05, 0.1) is 12.8 Å². The van der Waals surface area contributed by atoms with E-state index in [0.29, 0.717) is 11.6 Å². The van der Waals surface area contributed by atoms with Crippen LogP contribution in [0.2, 0.25) is 0 Å². The molecule has 2 heterocycles. The number of anilines is 1. The molecule has 134 valence electrons. The summed E-state index contributed by atoms with van der Waals surface area (Å²) in [4.78, 5) is 28.3. The van der Waals surface area contributed by atoms with Crippen LogP contribution in [-0.4, -0.2) is 29.8 Å². The van der Waals surface area contributed by atoms with Crippen molar-refractivity contribution in [3.63, 3.8) is 0 Å². The third-order valence-electron chi connectivity index (χ3n) is 3.59. The molecule has 0 amide bonds. The Bertz CT molecular complexity index is 867. The molecule has 1 saturated heterocycles. The number of esters is 2. The standard InChI is InChI=1S/C19H18N2O5/c1-19(2)25-17(22)14(18(23)26-19)11-20-13-7-4-6-12(10-13)15-8-5-9-16(21-15)24-3/h4-11,20H,1-3H3. The first kappa shape index (κ1) is 17.5. The number of nitrogens with zero attached hydrogens (tertiary/aromatic N) is 1. The van der Waals surface area contributed by atoms with Crippen LogP contribution in [0.25, 0.3) is 11.3 Å². The van der Waals surface area contributed by atoms with Gasteiger partial charge in [-0.1, -0.05) is 18.2 Å². The SMILES string of the molecule is COc1cccc(-c2cccc(NC=C3C(=O)OC(C)(C)OC3=O)c2)n1. The number of benzene rings is 1. The summed E-state index contributed by atoms with van der Waals surface area (Å²) >= 11 is 0. The fourth-order valence-corrected chi connectivity index (χ4v) is 2.39. The fourth-order valence-electron chi connectivity index (χ4n) is 2.39. The second-order valence-electron chi connectivity index (χ2n) is 6.03. The van der Waals surface area contributed by atoms with E-state index in [1.807, 2.05) is 30.3 Å². The minimum Gasteiger partial charge on any atom is -0.481 e. The van der Waals surface area contributed by atoms with Crippen molar-refractivity contribution in [3.05, 3.63) is 54.2 Å². The maximum atomic E-state index is 11.9. The summed E-state index contributed by atoms with van der Waals surface area (Å²) in [7, 11) is 1.56. The first-order chi connectivity index (χ1) is 12.4. The number of pyridine rings is 1. The number of hydrogen-bond donors (Lipinski definition) is 1. The van der Waals surface area contributed by atoms with Crippen LogP contribution < -0.4 is 10.1 Å². The number of hydrogen-bond acceptors (Lipinski definition) is 7. The number of carbonyl (C=O) groups excluding carboxylic acids is 2. The Morgan fingerprint density at radius 1 is 1.08 bits per heavy atom. The number of nitrogens with one attached hydrogen (secondary N) is 1. The molecule has 1 aromatic carbocycles. The van der Waals surface area contributed by atoms with Crippen molar-refractivity contribution in [2.24, 2.45) is 0 Å². The highest BCUT2D eigenvalue weighted by molar-refractivity contribution is 6.15. The van der Waals surface area contributed by atoms with Crippen molar-refractivity contribution < 1.29 is 23.8 Å². The van der Waals surface area contributed by atoms with E-state index in [1.54, 1.807) is 19.2 Å². The topological polar surface area (TPSA) is 86.8 Å². The summed E-state index contributed by atoms with van der Waals surface area (Å²) in [6.07, 6.45) is 1.28. The van der Waals surface area contributed by atoms with E-state index in [1.165, 1.54) is 20.0 Å². The molecule has 1 aliphatic heterocycles. The van der Waals surface area contributed by atoms with Gasteiger partial charge in [-0.25, -0.2) is 14.6 Å². The molecule has 1 fully saturated rings. The van der Waals surface area contributed by atoms with Crippen LogP contribution in [0.4, 0.5) is 5.69 Å². The Morgan fingerprint density at radius 3 is 2.46 bits per heavy atom.